The minimum absolute atomic E-state index is 0.119. The Hall–Kier alpha value is -3.28. The van der Waals surface area contributed by atoms with E-state index in [1.165, 1.54) is 12.5 Å². The van der Waals surface area contributed by atoms with Crippen molar-refractivity contribution in [1.82, 2.24) is 0 Å². The lowest BCUT2D eigenvalue weighted by atomic mass is 10.0. The number of rotatable bonds is 7. The van der Waals surface area contributed by atoms with Crippen molar-refractivity contribution in [3.05, 3.63) is 53.6 Å². The molecule has 0 amide bonds. The van der Waals surface area contributed by atoms with E-state index in [1.807, 2.05) is 12.1 Å². The van der Waals surface area contributed by atoms with Crippen molar-refractivity contribution in [2.75, 3.05) is 22.7 Å². The number of aromatic carboxylic acids is 1. The molecule has 1 heterocycles. The van der Waals surface area contributed by atoms with E-state index < -0.39 is 28.1 Å². The summed E-state index contributed by atoms with van der Waals surface area (Å²) in [6, 6.07) is 11.6. The fourth-order valence-corrected chi connectivity index (χ4v) is 5.07. The highest BCUT2D eigenvalue weighted by molar-refractivity contribution is 7.92. The van der Waals surface area contributed by atoms with Gasteiger partial charge in [0, 0.05) is 18.8 Å². The molecule has 2 aromatic carbocycles. The lowest BCUT2D eigenvalue weighted by Crippen LogP contribution is -2.28. The first-order valence-electron chi connectivity index (χ1n) is 12.2. The molecule has 12 heteroatoms. The highest BCUT2D eigenvalue weighted by Crippen LogP contribution is 2.28. The second kappa shape index (κ2) is 13.5. The molecular weight excluding hydrogens is 525 g/mol. The van der Waals surface area contributed by atoms with Gasteiger partial charge in [-0.15, -0.1) is 0 Å². The minimum Gasteiger partial charge on any atom is -0.478 e. The molecule has 3 N–H and O–H groups in total. The molecule has 8 nitrogen and oxygen atoms in total. The van der Waals surface area contributed by atoms with Crippen LogP contribution in [0.3, 0.4) is 0 Å². The summed E-state index contributed by atoms with van der Waals surface area (Å²) in [5.41, 5.74) is 2.10. The Kier molecular flexibility index (Phi) is 11.0. The first kappa shape index (κ1) is 30.9. The van der Waals surface area contributed by atoms with Crippen LogP contribution in [0.15, 0.2) is 47.4 Å². The zero-order chi connectivity index (χ0) is 28.5. The molecule has 0 unspecified atom stereocenters. The number of aliphatic carboxylic acids is 1. The molecule has 1 fully saturated rings. The van der Waals surface area contributed by atoms with Crippen LogP contribution < -0.4 is 9.62 Å². The lowest BCUT2D eigenvalue weighted by Gasteiger charge is -2.28. The summed E-state index contributed by atoms with van der Waals surface area (Å²) in [5, 5.41) is 16.9. The van der Waals surface area contributed by atoms with Gasteiger partial charge >= 0.3 is 18.1 Å². The van der Waals surface area contributed by atoms with E-state index in [0.29, 0.717) is 11.6 Å². The van der Waals surface area contributed by atoms with Gasteiger partial charge in [0.05, 0.1) is 16.1 Å². The molecule has 1 aliphatic heterocycles. The molecule has 210 valence electrons. The third-order valence-corrected chi connectivity index (χ3v) is 7.19. The number of nitrogens with zero attached hydrogens (tertiary/aromatic N) is 1. The summed E-state index contributed by atoms with van der Waals surface area (Å²) >= 11 is 0. The molecule has 0 spiro atoms. The number of hydrogen-bond acceptors (Lipinski definition) is 5. The number of halogens is 3. The average Bonchev–Trinajstić information content (AvgIpc) is 2.78. The fraction of sp³-hybridized carbons (Fsp3) is 0.462. The zero-order valence-corrected chi connectivity index (χ0v) is 22.1. The van der Waals surface area contributed by atoms with Crippen LogP contribution in [0.2, 0.25) is 0 Å². The summed E-state index contributed by atoms with van der Waals surface area (Å²) in [7, 11) is -3.81. The van der Waals surface area contributed by atoms with Gasteiger partial charge in [-0.25, -0.2) is 18.0 Å². The monoisotopic (exact) mass is 558 g/mol. The molecule has 0 radical (unpaired) electrons. The standard InChI is InChI=1S/C24H32N2O4S.C2HF3O2/c1-18(2)16-19-8-11-21(12-9-19)31(29,30)25-20-10-13-23(22(17-20)24(27)28)26-14-6-4-3-5-7-15-26;3-2(4,5)1(6)7/h8-13,17-18,25H,3-7,14-16H2,1-2H3,(H,27,28);(H,6,7). The van der Waals surface area contributed by atoms with Crippen LogP contribution in [0.1, 0.15) is 61.9 Å². The molecule has 38 heavy (non-hydrogen) atoms. The van der Waals surface area contributed by atoms with Gasteiger partial charge in [0.15, 0.2) is 0 Å². The number of benzene rings is 2. The van der Waals surface area contributed by atoms with Crippen LogP contribution in [0.5, 0.6) is 0 Å². The third-order valence-electron chi connectivity index (χ3n) is 5.80. The number of carboxylic acids is 2. The van der Waals surface area contributed by atoms with Crippen molar-refractivity contribution in [3.63, 3.8) is 0 Å². The second-order valence-electron chi connectivity index (χ2n) is 9.44. The van der Waals surface area contributed by atoms with Crippen LogP contribution in [0, 0.1) is 5.92 Å². The van der Waals surface area contributed by atoms with Crippen LogP contribution in [0.4, 0.5) is 24.5 Å². The predicted octanol–water partition coefficient (Wildman–Crippen LogP) is 5.79. The van der Waals surface area contributed by atoms with E-state index in [-0.39, 0.29) is 16.1 Å². The summed E-state index contributed by atoms with van der Waals surface area (Å²) in [6.07, 6.45) is 1.37. The Morgan fingerprint density at radius 2 is 1.47 bits per heavy atom. The Bertz CT molecular complexity index is 1190. The van der Waals surface area contributed by atoms with Gasteiger partial charge < -0.3 is 15.1 Å². The van der Waals surface area contributed by atoms with E-state index >= 15 is 0 Å². The molecule has 0 bridgehead atoms. The quantitative estimate of drug-likeness (QED) is 0.393. The molecule has 3 rings (SSSR count). The molecular formula is C26H33F3N2O6S. The second-order valence-corrected chi connectivity index (χ2v) is 11.1. The molecule has 0 saturated carbocycles. The predicted molar refractivity (Wildman–Crippen MR) is 138 cm³/mol. The van der Waals surface area contributed by atoms with Crippen molar-refractivity contribution >= 4 is 33.3 Å². The van der Waals surface area contributed by atoms with Gasteiger partial charge in [-0.05, 0) is 61.1 Å². The van der Waals surface area contributed by atoms with Gasteiger partial charge in [-0.3, -0.25) is 4.72 Å². The maximum absolute atomic E-state index is 12.8. The number of sulfonamides is 1. The maximum atomic E-state index is 12.8. The van der Waals surface area contributed by atoms with Crippen LogP contribution in [-0.4, -0.2) is 49.8 Å². The third kappa shape index (κ3) is 9.55. The first-order valence-corrected chi connectivity index (χ1v) is 13.7. The number of nitrogens with one attached hydrogen (secondary N) is 1. The largest absolute Gasteiger partial charge is 0.490 e. The molecule has 0 aromatic heterocycles. The summed E-state index contributed by atoms with van der Waals surface area (Å²) in [5.74, 6) is -3.33. The molecule has 0 aliphatic carbocycles. The van der Waals surface area contributed by atoms with Gasteiger partial charge in [0.1, 0.15) is 0 Å². The maximum Gasteiger partial charge on any atom is 0.490 e. The van der Waals surface area contributed by atoms with Crippen LogP contribution in [0.25, 0.3) is 0 Å². The van der Waals surface area contributed by atoms with E-state index in [9.17, 15) is 31.5 Å². The van der Waals surface area contributed by atoms with E-state index in [4.69, 9.17) is 9.90 Å². The Balaban J connectivity index is 0.000000638. The molecule has 1 saturated heterocycles. The van der Waals surface area contributed by atoms with Gasteiger partial charge in [-0.1, -0.05) is 45.2 Å². The summed E-state index contributed by atoms with van der Waals surface area (Å²) in [6.45, 7) is 5.86. The number of carbonyl (C=O) groups is 2. The number of hydrogen-bond donors (Lipinski definition) is 3. The fourth-order valence-electron chi connectivity index (χ4n) is 4.03. The Labute approximate surface area is 220 Å². The van der Waals surface area contributed by atoms with Crippen molar-refractivity contribution in [2.45, 2.75) is 63.4 Å². The summed E-state index contributed by atoms with van der Waals surface area (Å²) in [4.78, 5) is 23.1. The van der Waals surface area contributed by atoms with E-state index in [0.717, 1.165) is 50.8 Å². The topological polar surface area (TPSA) is 124 Å². The Morgan fingerprint density at radius 3 is 1.95 bits per heavy atom. The highest BCUT2D eigenvalue weighted by atomic mass is 32.2. The van der Waals surface area contributed by atoms with Gasteiger partial charge in [-0.2, -0.15) is 13.2 Å². The van der Waals surface area contributed by atoms with Gasteiger partial charge in [0.2, 0.25) is 0 Å². The number of alkyl halides is 3. The average molecular weight is 559 g/mol. The van der Waals surface area contributed by atoms with Crippen molar-refractivity contribution in [2.24, 2.45) is 5.92 Å². The normalized spacial score (nSPS) is 14.6. The van der Waals surface area contributed by atoms with Crippen LogP contribution in [-0.2, 0) is 21.2 Å². The van der Waals surface area contributed by atoms with Crippen LogP contribution >= 0.6 is 0 Å². The Morgan fingerprint density at radius 1 is 0.947 bits per heavy atom. The summed E-state index contributed by atoms with van der Waals surface area (Å²) < 4.78 is 59.9. The first-order chi connectivity index (χ1) is 17.7. The van der Waals surface area contributed by atoms with E-state index in [1.54, 1.807) is 24.3 Å². The smallest absolute Gasteiger partial charge is 0.478 e. The van der Waals surface area contributed by atoms with E-state index in [2.05, 4.69) is 23.5 Å². The molecule has 0 atom stereocenters. The minimum atomic E-state index is -5.08. The zero-order valence-electron chi connectivity index (χ0n) is 21.3. The number of anilines is 2. The molecule has 1 aliphatic rings. The van der Waals surface area contributed by atoms with Crippen molar-refractivity contribution < 1.29 is 41.4 Å². The highest BCUT2D eigenvalue weighted by Gasteiger charge is 2.38. The van der Waals surface area contributed by atoms with Crippen molar-refractivity contribution in [1.29, 1.82) is 0 Å². The van der Waals surface area contributed by atoms with Crippen molar-refractivity contribution in [3.8, 4) is 0 Å². The SMILES string of the molecule is CC(C)Cc1ccc(S(=O)(=O)Nc2ccc(N3CCCCCCC3)c(C(=O)O)c2)cc1.O=C(O)C(F)(F)F. The lowest BCUT2D eigenvalue weighted by molar-refractivity contribution is -0.192. The van der Waals surface area contributed by atoms with Gasteiger partial charge in [0.25, 0.3) is 10.0 Å². The molecule has 2 aromatic rings. The number of carboxylic acid groups (broad SMARTS) is 2.